The Bertz CT molecular complexity index is 641. The molecule has 0 aliphatic carbocycles. The number of benzene rings is 2. The van der Waals surface area contributed by atoms with Crippen molar-refractivity contribution in [2.45, 2.75) is 12.8 Å². The van der Waals surface area contributed by atoms with Crippen LogP contribution in [-0.2, 0) is 11.2 Å². The molecule has 112 valence electrons. The molecule has 1 N–H and O–H groups in total. The van der Waals surface area contributed by atoms with Crippen molar-refractivity contribution in [3.05, 3.63) is 60.2 Å². The predicted molar refractivity (Wildman–Crippen MR) is 88.7 cm³/mol. The fourth-order valence-electron chi connectivity index (χ4n) is 2.22. The molecule has 0 aliphatic rings. The average molecular weight is 293 g/mol. The van der Waals surface area contributed by atoms with Crippen LogP contribution in [0.15, 0.2) is 54.6 Å². The molecule has 1 atom stereocenters. The standard InChI is InChI=1S/C19H19NO2/c1-3-7-16(14-15-8-5-4-6-9-15)19(21)20-17-10-12-18(22-2)13-11-17/h1,4-6,8-13,16H,7,14H2,2H3,(H,20,21)/t16-/m1/s1. The molecule has 2 aromatic carbocycles. The van der Waals surface area contributed by atoms with Crippen LogP contribution < -0.4 is 10.1 Å². The molecule has 3 nitrogen and oxygen atoms in total. The van der Waals surface area contributed by atoms with E-state index in [9.17, 15) is 4.79 Å². The molecule has 0 unspecified atom stereocenters. The van der Waals surface area contributed by atoms with Crippen molar-refractivity contribution >= 4 is 11.6 Å². The summed E-state index contributed by atoms with van der Waals surface area (Å²) in [4.78, 5) is 12.4. The topological polar surface area (TPSA) is 38.3 Å². The molecule has 2 rings (SSSR count). The van der Waals surface area contributed by atoms with Crippen LogP contribution in [0.5, 0.6) is 5.75 Å². The molecule has 0 bridgehead atoms. The molecule has 1 amide bonds. The largest absolute Gasteiger partial charge is 0.497 e. The molecule has 3 heteroatoms. The molecule has 22 heavy (non-hydrogen) atoms. The van der Waals surface area contributed by atoms with Crippen LogP contribution in [0.4, 0.5) is 5.69 Å². The number of hydrogen-bond acceptors (Lipinski definition) is 2. The van der Waals surface area contributed by atoms with Gasteiger partial charge >= 0.3 is 0 Å². The predicted octanol–water partition coefficient (Wildman–Crippen LogP) is 3.52. The van der Waals surface area contributed by atoms with Gasteiger partial charge in [0.15, 0.2) is 0 Å². The first kappa shape index (κ1) is 15.7. The lowest BCUT2D eigenvalue weighted by molar-refractivity contribution is -0.119. The van der Waals surface area contributed by atoms with E-state index in [2.05, 4.69) is 11.2 Å². The fraction of sp³-hybridized carbons (Fsp3) is 0.211. The Morgan fingerprint density at radius 2 is 1.86 bits per heavy atom. The summed E-state index contributed by atoms with van der Waals surface area (Å²) in [5, 5.41) is 2.91. The van der Waals surface area contributed by atoms with E-state index in [0.717, 1.165) is 17.0 Å². The van der Waals surface area contributed by atoms with Gasteiger partial charge in [-0.2, -0.15) is 0 Å². The molecule has 0 aromatic heterocycles. The lowest BCUT2D eigenvalue weighted by Gasteiger charge is -2.15. The second kappa shape index (κ2) is 7.90. The summed E-state index contributed by atoms with van der Waals surface area (Å²) in [6.45, 7) is 0. The van der Waals surface area contributed by atoms with E-state index >= 15 is 0 Å². The third-order valence-corrected chi connectivity index (χ3v) is 3.42. The van der Waals surface area contributed by atoms with Crippen LogP contribution >= 0.6 is 0 Å². The van der Waals surface area contributed by atoms with E-state index < -0.39 is 0 Å². The maximum absolute atomic E-state index is 12.4. The van der Waals surface area contributed by atoms with Gasteiger partial charge in [-0.05, 0) is 36.2 Å². The van der Waals surface area contributed by atoms with Crippen molar-refractivity contribution in [1.82, 2.24) is 0 Å². The zero-order valence-corrected chi connectivity index (χ0v) is 12.6. The number of carbonyl (C=O) groups excluding carboxylic acids is 1. The molecule has 0 aliphatic heterocycles. The fourth-order valence-corrected chi connectivity index (χ4v) is 2.22. The van der Waals surface area contributed by atoms with Crippen LogP contribution in [-0.4, -0.2) is 13.0 Å². The molecule has 0 saturated heterocycles. The van der Waals surface area contributed by atoms with Crippen LogP contribution in [0.3, 0.4) is 0 Å². The van der Waals surface area contributed by atoms with Gasteiger partial charge in [-0.15, -0.1) is 12.3 Å². The van der Waals surface area contributed by atoms with Gasteiger partial charge in [0.1, 0.15) is 5.75 Å². The van der Waals surface area contributed by atoms with E-state index in [4.69, 9.17) is 11.2 Å². The number of anilines is 1. The van der Waals surface area contributed by atoms with Gasteiger partial charge < -0.3 is 10.1 Å². The quantitative estimate of drug-likeness (QED) is 0.828. The van der Waals surface area contributed by atoms with E-state index in [-0.39, 0.29) is 11.8 Å². The molecule has 0 radical (unpaired) electrons. The zero-order valence-electron chi connectivity index (χ0n) is 12.6. The molecular weight excluding hydrogens is 274 g/mol. The van der Waals surface area contributed by atoms with Gasteiger partial charge in [-0.1, -0.05) is 30.3 Å². The summed E-state index contributed by atoms with van der Waals surface area (Å²) in [7, 11) is 1.61. The zero-order chi connectivity index (χ0) is 15.8. The molecule has 2 aromatic rings. The number of nitrogens with one attached hydrogen (secondary N) is 1. The number of rotatable bonds is 6. The lowest BCUT2D eigenvalue weighted by Crippen LogP contribution is -2.24. The molecular formula is C19H19NO2. The van der Waals surface area contributed by atoms with E-state index in [1.807, 2.05) is 54.6 Å². The van der Waals surface area contributed by atoms with Crippen molar-refractivity contribution in [2.75, 3.05) is 12.4 Å². The highest BCUT2D eigenvalue weighted by molar-refractivity contribution is 5.92. The molecule has 0 spiro atoms. The number of methoxy groups -OCH3 is 1. The second-order valence-corrected chi connectivity index (χ2v) is 5.01. The first-order valence-electron chi connectivity index (χ1n) is 7.15. The second-order valence-electron chi connectivity index (χ2n) is 5.01. The van der Waals surface area contributed by atoms with Crippen molar-refractivity contribution in [3.63, 3.8) is 0 Å². The first-order valence-corrected chi connectivity index (χ1v) is 7.15. The highest BCUT2D eigenvalue weighted by Crippen LogP contribution is 2.18. The van der Waals surface area contributed by atoms with Crippen LogP contribution in [0.1, 0.15) is 12.0 Å². The third kappa shape index (κ3) is 4.39. The molecule has 0 heterocycles. The monoisotopic (exact) mass is 293 g/mol. The summed E-state index contributed by atoms with van der Waals surface area (Å²) < 4.78 is 5.10. The Balaban J connectivity index is 2.04. The van der Waals surface area contributed by atoms with Crippen LogP contribution in [0.25, 0.3) is 0 Å². The highest BCUT2D eigenvalue weighted by Gasteiger charge is 2.18. The average Bonchev–Trinajstić information content (AvgIpc) is 2.56. The van der Waals surface area contributed by atoms with Crippen molar-refractivity contribution in [2.24, 2.45) is 5.92 Å². The minimum absolute atomic E-state index is 0.0630. The van der Waals surface area contributed by atoms with Crippen molar-refractivity contribution in [1.29, 1.82) is 0 Å². The molecule has 0 saturated carbocycles. The number of amides is 1. The van der Waals surface area contributed by atoms with Gasteiger partial charge in [-0.25, -0.2) is 0 Å². The normalized spacial score (nSPS) is 11.3. The van der Waals surface area contributed by atoms with Crippen molar-refractivity contribution < 1.29 is 9.53 Å². The van der Waals surface area contributed by atoms with Crippen LogP contribution in [0, 0.1) is 18.3 Å². The summed E-state index contributed by atoms with van der Waals surface area (Å²) in [5.74, 6) is 3.04. The van der Waals surface area contributed by atoms with E-state index in [1.54, 1.807) is 7.11 Å². The number of hydrogen-bond donors (Lipinski definition) is 1. The van der Waals surface area contributed by atoms with Gasteiger partial charge in [0.2, 0.25) is 5.91 Å². The number of carbonyl (C=O) groups is 1. The summed E-state index contributed by atoms with van der Waals surface area (Å²) in [5.41, 5.74) is 1.84. The maximum Gasteiger partial charge on any atom is 0.228 e. The van der Waals surface area contributed by atoms with Crippen molar-refractivity contribution in [3.8, 4) is 18.1 Å². The highest BCUT2D eigenvalue weighted by atomic mass is 16.5. The first-order chi connectivity index (χ1) is 10.7. The van der Waals surface area contributed by atoms with Gasteiger partial charge in [-0.3, -0.25) is 4.79 Å². The summed E-state index contributed by atoms with van der Waals surface area (Å²) in [6.07, 6.45) is 6.45. The lowest BCUT2D eigenvalue weighted by atomic mass is 9.95. The van der Waals surface area contributed by atoms with Gasteiger partial charge in [0, 0.05) is 12.1 Å². The Hall–Kier alpha value is -2.73. The SMILES string of the molecule is C#CC[C@H](Cc1ccccc1)C(=O)Nc1ccc(OC)cc1. The third-order valence-electron chi connectivity index (χ3n) is 3.42. The summed E-state index contributed by atoms with van der Waals surface area (Å²) >= 11 is 0. The van der Waals surface area contributed by atoms with E-state index in [0.29, 0.717) is 12.8 Å². The summed E-state index contributed by atoms with van der Waals surface area (Å²) in [6, 6.07) is 17.1. The smallest absolute Gasteiger partial charge is 0.228 e. The maximum atomic E-state index is 12.4. The number of ether oxygens (including phenoxy) is 1. The van der Waals surface area contributed by atoms with Crippen LogP contribution in [0.2, 0.25) is 0 Å². The Morgan fingerprint density at radius 3 is 2.45 bits per heavy atom. The van der Waals surface area contributed by atoms with E-state index in [1.165, 1.54) is 0 Å². The molecule has 0 fully saturated rings. The number of terminal acetylenes is 1. The minimum atomic E-state index is -0.241. The van der Waals surface area contributed by atoms with Gasteiger partial charge in [0.25, 0.3) is 0 Å². The Morgan fingerprint density at radius 1 is 1.18 bits per heavy atom. The van der Waals surface area contributed by atoms with Gasteiger partial charge in [0.05, 0.1) is 13.0 Å². The Kier molecular flexibility index (Phi) is 5.62. The Labute approximate surface area is 131 Å². The minimum Gasteiger partial charge on any atom is -0.497 e.